The van der Waals surface area contributed by atoms with E-state index < -0.39 is 52.3 Å². The fraction of sp³-hybridized carbons (Fsp3) is 0.355. The van der Waals surface area contributed by atoms with Crippen LogP contribution in [0.3, 0.4) is 0 Å². The van der Waals surface area contributed by atoms with E-state index in [2.05, 4.69) is 10.1 Å². The lowest BCUT2D eigenvalue weighted by Gasteiger charge is -2.26. The van der Waals surface area contributed by atoms with Crippen LogP contribution in [0.15, 0.2) is 77.7 Å². The minimum atomic E-state index is -4.49. The third kappa shape index (κ3) is 8.70. The molecule has 240 valence electrons. The number of anilines is 1. The van der Waals surface area contributed by atoms with E-state index in [1.54, 1.807) is 29.2 Å². The molecule has 14 heteroatoms. The second-order valence-electron chi connectivity index (χ2n) is 10.3. The summed E-state index contributed by atoms with van der Waals surface area (Å²) < 4.78 is 99.0. The summed E-state index contributed by atoms with van der Waals surface area (Å²) in [5, 5.41) is 12.1. The minimum absolute atomic E-state index is 0.0645. The van der Waals surface area contributed by atoms with Gasteiger partial charge in [0, 0.05) is 17.7 Å². The fourth-order valence-electron chi connectivity index (χ4n) is 5.00. The maximum Gasteiger partial charge on any atom is 0.416 e. The number of alkyl halides is 5. The summed E-state index contributed by atoms with van der Waals surface area (Å²) in [6.07, 6.45) is -4.85. The van der Waals surface area contributed by atoms with Crippen molar-refractivity contribution in [2.24, 2.45) is 0 Å². The van der Waals surface area contributed by atoms with Gasteiger partial charge in [-0.15, -0.1) is 0 Å². The van der Waals surface area contributed by atoms with E-state index in [0.717, 1.165) is 12.1 Å². The molecule has 0 unspecified atom stereocenters. The summed E-state index contributed by atoms with van der Waals surface area (Å²) in [5.41, 5.74) is 0.558. The maximum atomic E-state index is 13.1. The zero-order chi connectivity index (χ0) is 32.8. The zero-order valence-electron chi connectivity index (χ0n) is 24.0. The molecule has 3 aromatic carbocycles. The third-order valence-corrected chi connectivity index (χ3v) is 9.11. The number of nitrogens with one attached hydrogen (secondary N) is 1. The first kappa shape index (κ1) is 33.7. The molecular weight excluding hydrogens is 621 g/mol. The molecular formula is C31H30F5N3O5S. The summed E-state index contributed by atoms with van der Waals surface area (Å²) in [6, 6.07) is 17.2. The summed E-state index contributed by atoms with van der Waals surface area (Å²) in [7, 11) is -3.41. The molecule has 3 atom stereocenters. The number of hydrogen-bond donors (Lipinski definition) is 1. The number of halogens is 5. The second-order valence-corrected chi connectivity index (χ2v) is 12.6. The topological polar surface area (TPSA) is 109 Å². The maximum absolute atomic E-state index is 13.1. The van der Waals surface area contributed by atoms with Gasteiger partial charge in [0.2, 0.25) is 0 Å². The van der Waals surface area contributed by atoms with Crippen molar-refractivity contribution in [3.63, 3.8) is 0 Å². The van der Waals surface area contributed by atoms with Crippen LogP contribution < -0.4 is 15.0 Å². The van der Waals surface area contributed by atoms with E-state index in [-0.39, 0.29) is 48.0 Å². The SMILES string of the molecule is CCS(=O)(=O)c1ccc([C@@H](CC#N)NC(=O)c2ccc(N3C[C@@H](Oc4ccc(C(F)(F)F)cc4)C[C@H]3COC(F)F)cc2)cc1. The van der Waals surface area contributed by atoms with E-state index in [0.29, 0.717) is 11.3 Å². The molecule has 0 bridgehead atoms. The smallest absolute Gasteiger partial charge is 0.416 e. The summed E-state index contributed by atoms with van der Waals surface area (Å²) >= 11 is 0. The quantitative estimate of drug-likeness (QED) is 0.234. The highest BCUT2D eigenvalue weighted by Gasteiger charge is 2.35. The van der Waals surface area contributed by atoms with Gasteiger partial charge < -0.3 is 19.7 Å². The molecule has 0 aliphatic carbocycles. The Kier molecular flexibility index (Phi) is 10.7. The average molecular weight is 652 g/mol. The number of rotatable bonds is 12. The molecule has 0 spiro atoms. The van der Waals surface area contributed by atoms with Crippen molar-refractivity contribution < 1.29 is 44.6 Å². The van der Waals surface area contributed by atoms with Gasteiger partial charge in [-0.2, -0.15) is 27.2 Å². The average Bonchev–Trinajstić information content (AvgIpc) is 3.42. The number of hydrogen-bond acceptors (Lipinski definition) is 7. The van der Waals surface area contributed by atoms with E-state index in [4.69, 9.17) is 4.74 Å². The molecule has 1 amide bonds. The fourth-order valence-corrected chi connectivity index (χ4v) is 5.88. The van der Waals surface area contributed by atoms with Crippen molar-refractivity contribution in [3.05, 3.63) is 89.5 Å². The van der Waals surface area contributed by atoms with Crippen LogP contribution in [0.1, 0.15) is 47.3 Å². The summed E-state index contributed by atoms with van der Waals surface area (Å²) in [4.78, 5) is 15.0. The summed E-state index contributed by atoms with van der Waals surface area (Å²) in [6.45, 7) is -1.58. The molecule has 0 saturated carbocycles. The van der Waals surface area contributed by atoms with E-state index in [1.165, 1.54) is 43.3 Å². The van der Waals surface area contributed by atoms with Gasteiger partial charge in [0.1, 0.15) is 11.9 Å². The van der Waals surface area contributed by atoms with Crippen molar-refractivity contribution in [3.8, 4) is 11.8 Å². The van der Waals surface area contributed by atoms with Crippen LogP contribution in [0.25, 0.3) is 0 Å². The minimum Gasteiger partial charge on any atom is -0.489 e. The molecule has 3 aromatic rings. The predicted octanol–water partition coefficient (Wildman–Crippen LogP) is 6.15. The second kappa shape index (κ2) is 14.3. The highest BCUT2D eigenvalue weighted by molar-refractivity contribution is 7.91. The molecule has 4 rings (SSSR count). The highest BCUT2D eigenvalue weighted by Crippen LogP contribution is 2.33. The first-order valence-corrected chi connectivity index (χ1v) is 15.6. The summed E-state index contributed by atoms with van der Waals surface area (Å²) in [5.74, 6) is -0.358. The van der Waals surface area contributed by atoms with E-state index in [9.17, 15) is 40.4 Å². The largest absolute Gasteiger partial charge is 0.489 e. The van der Waals surface area contributed by atoms with Gasteiger partial charge in [0.05, 0.1) is 53.9 Å². The molecule has 1 aliphatic heterocycles. The van der Waals surface area contributed by atoms with Crippen LogP contribution in [0.5, 0.6) is 5.75 Å². The van der Waals surface area contributed by atoms with Gasteiger partial charge in [-0.25, -0.2) is 8.42 Å². The van der Waals surface area contributed by atoms with Crippen LogP contribution in [-0.4, -0.2) is 52.0 Å². The van der Waals surface area contributed by atoms with Crippen molar-refractivity contribution in [2.75, 3.05) is 23.8 Å². The van der Waals surface area contributed by atoms with Crippen molar-refractivity contribution in [1.82, 2.24) is 5.32 Å². The number of carbonyl (C=O) groups is 1. The Morgan fingerprint density at radius 3 is 2.24 bits per heavy atom. The normalized spacial score (nSPS) is 17.6. The monoisotopic (exact) mass is 651 g/mol. The van der Waals surface area contributed by atoms with Gasteiger partial charge in [0.25, 0.3) is 5.91 Å². The molecule has 1 saturated heterocycles. The van der Waals surface area contributed by atoms with Crippen LogP contribution in [-0.2, 0) is 20.8 Å². The Morgan fingerprint density at radius 2 is 1.69 bits per heavy atom. The lowest BCUT2D eigenvalue weighted by Crippen LogP contribution is -2.34. The van der Waals surface area contributed by atoms with Gasteiger partial charge in [0.15, 0.2) is 9.84 Å². The molecule has 1 N–H and O–H groups in total. The molecule has 0 radical (unpaired) electrons. The van der Waals surface area contributed by atoms with E-state index >= 15 is 0 Å². The van der Waals surface area contributed by atoms with Crippen LogP contribution in [0.2, 0.25) is 0 Å². The first-order chi connectivity index (χ1) is 21.3. The number of nitrogens with zero attached hydrogens (tertiary/aromatic N) is 2. The van der Waals surface area contributed by atoms with E-state index in [1.807, 2.05) is 6.07 Å². The van der Waals surface area contributed by atoms with Crippen molar-refractivity contribution >= 4 is 21.4 Å². The number of nitriles is 1. The number of carbonyl (C=O) groups excluding carboxylic acids is 1. The number of sulfone groups is 1. The molecule has 1 aliphatic rings. The Bertz CT molecular complexity index is 1590. The lowest BCUT2D eigenvalue weighted by atomic mass is 10.0. The number of amides is 1. The number of ether oxygens (including phenoxy) is 2. The molecule has 8 nitrogen and oxygen atoms in total. The third-order valence-electron chi connectivity index (χ3n) is 7.36. The van der Waals surface area contributed by atoms with Crippen molar-refractivity contribution in [2.45, 2.75) is 55.6 Å². The molecule has 0 aromatic heterocycles. The molecule has 1 heterocycles. The van der Waals surface area contributed by atoms with Gasteiger partial charge in [-0.3, -0.25) is 4.79 Å². The Labute approximate surface area is 257 Å². The standard InChI is InChI=1S/C31H30F5N3O5S/c1-2-45(41,42)27-13-5-20(6-14-27)28(15-16-37)38-29(40)21-3-9-23(10-4-21)39-18-26(17-24(39)19-43-30(32)33)44-25-11-7-22(8-12-25)31(34,35)36/h3-14,24,26,28,30H,2,15,17-19H2,1H3,(H,38,40)/t24-,26-,28+/m0/s1. The van der Waals surface area contributed by atoms with Crippen LogP contribution >= 0.6 is 0 Å². The first-order valence-electron chi connectivity index (χ1n) is 13.9. The zero-order valence-corrected chi connectivity index (χ0v) is 24.8. The number of benzene rings is 3. The van der Waals surface area contributed by atoms with Gasteiger partial charge >= 0.3 is 12.8 Å². The van der Waals surface area contributed by atoms with Crippen molar-refractivity contribution in [1.29, 1.82) is 5.26 Å². The molecule has 1 fully saturated rings. The van der Waals surface area contributed by atoms with Crippen LogP contribution in [0.4, 0.5) is 27.6 Å². The highest BCUT2D eigenvalue weighted by atomic mass is 32.2. The Morgan fingerprint density at radius 1 is 1.04 bits per heavy atom. The van der Waals surface area contributed by atoms with Crippen LogP contribution in [0, 0.1) is 11.3 Å². The van der Waals surface area contributed by atoms with Gasteiger partial charge in [-0.1, -0.05) is 19.1 Å². The predicted molar refractivity (Wildman–Crippen MR) is 155 cm³/mol. The molecule has 45 heavy (non-hydrogen) atoms. The lowest BCUT2D eigenvalue weighted by molar-refractivity contribution is -0.137. The Balaban J connectivity index is 1.46. The van der Waals surface area contributed by atoms with Gasteiger partial charge in [-0.05, 0) is 66.2 Å². The Hall–Kier alpha value is -4.22.